The molecule has 2 rings (SSSR count). The molecule has 0 aliphatic carbocycles. The van der Waals surface area contributed by atoms with Crippen LogP contribution in [-0.2, 0) is 11.3 Å². The molecule has 5 heteroatoms. The summed E-state index contributed by atoms with van der Waals surface area (Å²) in [6.07, 6.45) is 0.801. The summed E-state index contributed by atoms with van der Waals surface area (Å²) in [6, 6.07) is 7.68. The van der Waals surface area contributed by atoms with Crippen molar-refractivity contribution in [2.24, 2.45) is 0 Å². The summed E-state index contributed by atoms with van der Waals surface area (Å²) in [6.45, 7) is 7.67. The van der Waals surface area contributed by atoms with E-state index in [0.717, 1.165) is 50.3 Å². The van der Waals surface area contributed by atoms with E-state index in [9.17, 15) is 4.79 Å². The molecule has 0 unspecified atom stereocenters. The van der Waals surface area contributed by atoms with Crippen molar-refractivity contribution in [3.63, 3.8) is 0 Å². The number of carbonyl (C=O) groups excluding carboxylic acids is 1. The lowest BCUT2D eigenvalue weighted by Crippen LogP contribution is -2.48. The average molecular weight is 306 g/mol. The summed E-state index contributed by atoms with van der Waals surface area (Å²) in [5, 5.41) is 8.86. The summed E-state index contributed by atoms with van der Waals surface area (Å²) < 4.78 is 5.36. The second-order valence-corrected chi connectivity index (χ2v) is 5.55. The number of hydrogen-bond donors (Lipinski definition) is 1. The first-order valence-electron chi connectivity index (χ1n) is 8.03. The quantitative estimate of drug-likeness (QED) is 0.826. The van der Waals surface area contributed by atoms with Gasteiger partial charge in [0.15, 0.2) is 0 Å². The van der Waals surface area contributed by atoms with Crippen LogP contribution in [0.25, 0.3) is 0 Å². The first kappa shape index (κ1) is 16.9. The number of nitrogens with zero attached hydrogens (tertiary/aromatic N) is 2. The van der Waals surface area contributed by atoms with Crippen molar-refractivity contribution in [2.45, 2.75) is 20.0 Å². The van der Waals surface area contributed by atoms with Crippen molar-refractivity contribution in [2.75, 3.05) is 45.9 Å². The van der Waals surface area contributed by atoms with Crippen LogP contribution in [0.2, 0.25) is 0 Å². The van der Waals surface area contributed by atoms with Crippen LogP contribution >= 0.6 is 0 Å². The van der Waals surface area contributed by atoms with Gasteiger partial charge in [-0.2, -0.15) is 0 Å². The first-order chi connectivity index (χ1) is 10.7. The van der Waals surface area contributed by atoms with Crippen molar-refractivity contribution >= 4 is 5.91 Å². The zero-order valence-electron chi connectivity index (χ0n) is 13.3. The van der Waals surface area contributed by atoms with Gasteiger partial charge in [0.1, 0.15) is 0 Å². The molecule has 1 aromatic carbocycles. The number of amides is 1. The van der Waals surface area contributed by atoms with E-state index < -0.39 is 0 Å². The SMILES string of the molecule is CCOCc1ccc(C(=O)N2CCN(CCCO)CC2)cc1. The maximum atomic E-state index is 12.5. The van der Waals surface area contributed by atoms with Crippen molar-refractivity contribution in [1.82, 2.24) is 9.80 Å². The molecule has 1 aliphatic heterocycles. The fraction of sp³-hybridized carbons (Fsp3) is 0.588. The average Bonchev–Trinajstić information content (AvgIpc) is 2.58. The zero-order valence-corrected chi connectivity index (χ0v) is 13.3. The minimum atomic E-state index is 0.102. The highest BCUT2D eigenvalue weighted by atomic mass is 16.5. The number of piperazine rings is 1. The number of aliphatic hydroxyl groups is 1. The standard InChI is InChI=1S/C17H26N2O3/c1-2-22-14-15-4-6-16(7-5-15)17(21)19-11-9-18(10-12-19)8-3-13-20/h4-7,20H,2-3,8-14H2,1H3. The molecule has 0 radical (unpaired) electrons. The highest BCUT2D eigenvalue weighted by Crippen LogP contribution is 2.11. The van der Waals surface area contributed by atoms with Gasteiger partial charge in [0.05, 0.1) is 6.61 Å². The highest BCUT2D eigenvalue weighted by Gasteiger charge is 2.21. The molecule has 1 heterocycles. The molecule has 1 N–H and O–H groups in total. The predicted molar refractivity (Wildman–Crippen MR) is 85.8 cm³/mol. The Kier molecular flexibility index (Phi) is 6.83. The van der Waals surface area contributed by atoms with Gasteiger partial charge in [-0.1, -0.05) is 12.1 Å². The lowest BCUT2D eigenvalue weighted by Gasteiger charge is -2.34. The molecule has 22 heavy (non-hydrogen) atoms. The van der Waals surface area contributed by atoms with Gasteiger partial charge in [0.25, 0.3) is 5.91 Å². The zero-order chi connectivity index (χ0) is 15.8. The molecule has 1 aromatic rings. The second-order valence-electron chi connectivity index (χ2n) is 5.55. The molecular weight excluding hydrogens is 280 g/mol. The Morgan fingerprint density at radius 1 is 1.18 bits per heavy atom. The van der Waals surface area contributed by atoms with Crippen LogP contribution < -0.4 is 0 Å². The summed E-state index contributed by atoms with van der Waals surface area (Å²) in [5.74, 6) is 0.102. The Labute approximate surface area is 132 Å². The van der Waals surface area contributed by atoms with E-state index in [1.807, 2.05) is 36.1 Å². The molecule has 0 bridgehead atoms. The minimum absolute atomic E-state index is 0.102. The number of ether oxygens (including phenoxy) is 1. The van der Waals surface area contributed by atoms with Gasteiger partial charge in [-0.3, -0.25) is 9.69 Å². The van der Waals surface area contributed by atoms with Crippen LogP contribution in [0, 0.1) is 0 Å². The summed E-state index contributed by atoms with van der Waals surface area (Å²) >= 11 is 0. The molecule has 1 saturated heterocycles. The van der Waals surface area contributed by atoms with Crippen LogP contribution in [0.3, 0.4) is 0 Å². The van der Waals surface area contributed by atoms with Crippen LogP contribution in [0.15, 0.2) is 24.3 Å². The van der Waals surface area contributed by atoms with Crippen molar-refractivity contribution in [1.29, 1.82) is 0 Å². The second kappa shape index (κ2) is 8.88. The fourth-order valence-corrected chi connectivity index (χ4v) is 2.61. The van der Waals surface area contributed by atoms with E-state index >= 15 is 0 Å². The van der Waals surface area contributed by atoms with E-state index in [-0.39, 0.29) is 12.5 Å². The van der Waals surface area contributed by atoms with Gasteiger partial charge in [-0.25, -0.2) is 0 Å². The Bertz CT molecular complexity index is 453. The van der Waals surface area contributed by atoms with Gasteiger partial charge in [-0.15, -0.1) is 0 Å². The van der Waals surface area contributed by atoms with Gasteiger partial charge >= 0.3 is 0 Å². The molecule has 1 aliphatic rings. The third-order valence-electron chi connectivity index (χ3n) is 3.97. The molecule has 0 aromatic heterocycles. The van der Waals surface area contributed by atoms with Crippen molar-refractivity contribution < 1.29 is 14.6 Å². The Balaban J connectivity index is 1.84. The molecule has 122 valence electrons. The Morgan fingerprint density at radius 2 is 1.86 bits per heavy atom. The molecule has 1 fully saturated rings. The molecule has 1 amide bonds. The summed E-state index contributed by atoms with van der Waals surface area (Å²) in [7, 11) is 0. The smallest absolute Gasteiger partial charge is 0.253 e. The largest absolute Gasteiger partial charge is 0.396 e. The van der Waals surface area contributed by atoms with E-state index in [0.29, 0.717) is 13.2 Å². The molecular formula is C17H26N2O3. The van der Waals surface area contributed by atoms with E-state index in [2.05, 4.69) is 4.90 Å². The van der Waals surface area contributed by atoms with Crippen LogP contribution in [0.1, 0.15) is 29.3 Å². The molecule has 0 spiro atoms. The lowest BCUT2D eigenvalue weighted by molar-refractivity contribution is 0.0629. The Hall–Kier alpha value is -1.43. The summed E-state index contributed by atoms with van der Waals surface area (Å²) in [4.78, 5) is 16.7. The Morgan fingerprint density at radius 3 is 2.45 bits per heavy atom. The van der Waals surface area contributed by atoms with Crippen molar-refractivity contribution in [3.8, 4) is 0 Å². The maximum Gasteiger partial charge on any atom is 0.253 e. The molecule has 5 nitrogen and oxygen atoms in total. The van der Waals surface area contributed by atoms with Gasteiger partial charge < -0.3 is 14.7 Å². The monoisotopic (exact) mass is 306 g/mol. The summed E-state index contributed by atoms with van der Waals surface area (Å²) in [5.41, 5.74) is 1.83. The number of rotatable bonds is 7. The minimum Gasteiger partial charge on any atom is -0.396 e. The number of aliphatic hydroxyl groups excluding tert-OH is 1. The maximum absolute atomic E-state index is 12.5. The normalized spacial score (nSPS) is 16.0. The fourth-order valence-electron chi connectivity index (χ4n) is 2.61. The molecule has 0 saturated carbocycles. The number of hydrogen-bond acceptors (Lipinski definition) is 4. The van der Waals surface area contributed by atoms with Gasteiger partial charge in [-0.05, 0) is 31.0 Å². The van der Waals surface area contributed by atoms with E-state index in [1.54, 1.807) is 0 Å². The van der Waals surface area contributed by atoms with Gasteiger partial charge in [0.2, 0.25) is 0 Å². The van der Waals surface area contributed by atoms with Crippen LogP contribution in [0.5, 0.6) is 0 Å². The number of carbonyl (C=O) groups is 1. The molecule has 0 atom stereocenters. The van der Waals surface area contributed by atoms with E-state index in [1.165, 1.54) is 0 Å². The van der Waals surface area contributed by atoms with Crippen molar-refractivity contribution in [3.05, 3.63) is 35.4 Å². The van der Waals surface area contributed by atoms with Crippen LogP contribution in [-0.4, -0.2) is 66.8 Å². The van der Waals surface area contributed by atoms with E-state index in [4.69, 9.17) is 9.84 Å². The topological polar surface area (TPSA) is 53.0 Å². The first-order valence-corrected chi connectivity index (χ1v) is 8.03. The van der Waals surface area contributed by atoms with Gasteiger partial charge in [0, 0.05) is 51.5 Å². The predicted octanol–water partition coefficient (Wildman–Crippen LogP) is 1.36. The van der Waals surface area contributed by atoms with Crippen LogP contribution in [0.4, 0.5) is 0 Å². The third kappa shape index (κ3) is 4.80. The lowest BCUT2D eigenvalue weighted by atomic mass is 10.1. The third-order valence-corrected chi connectivity index (χ3v) is 3.97. The highest BCUT2D eigenvalue weighted by molar-refractivity contribution is 5.94. The number of benzene rings is 1.